The van der Waals surface area contributed by atoms with Crippen LogP contribution in [0, 0.1) is 6.92 Å². The number of hydrogen-bond donors (Lipinski definition) is 2. The zero-order chi connectivity index (χ0) is 17.6. The summed E-state index contributed by atoms with van der Waals surface area (Å²) in [4.78, 5) is 5.75. The van der Waals surface area contributed by atoms with Crippen LogP contribution >= 0.6 is 11.3 Å². The highest BCUT2D eigenvalue weighted by atomic mass is 32.2. The van der Waals surface area contributed by atoms with E-state index in [2.05, 4.69) is 15.0 Å². The van der Waals surface area contributed by atoms with Crippen molar-refractivity contribution in [1.82, 2.24) is 4.98 Å². The molecule has 0 aliphatic carbocycles. The highest BCUT2D eigenvalue weighted by Gasteiger charge is 2.10. The second-order valence-electron chi connectivity index (χ2n) is 5.35. The first-order chi connectivity index (χ1) is 11.4. The quantitative estimate of drug-likeness (QED) is 0.663. The summed E-state index contributed by atoms with van der Waals surface area (Å²) >= 11 is 1.61. The highest BCUT2D eigenvalue weighted by Crippen LogP contribution is 2.31. The molecule has 0 saturated carbocycles. The second-order valence-corrected chi connectivity index (χ2v) is 8.30. The molecule has 0 unspecified atom stereocenters. The molecule has 0 spiro atoms. The summed E-state index contributed by atoms with van der Waals surface area (Å²) in [6.07, 6.45) is 2.07. The molecular formula is C16H23N3O3S2. The number of benzene rings is 1. The molecule has 0 aliphatic heterocycles. The molecule has 1 heterocycles. The number of sulfonamides is 1. The molecule has 2 rings (SSSR count). The Kier molecular flexibility index (Phi) is 6.59. The van der Waals surface area contributed by atoms with Crippen LogP contribution in [0.25, 0.3) is 11.3 Å². The monoisotopic (exact) mass is 369 g/mol. The maximum Gasteiger partial charge on any atom is 0.229 e. The van der Waals surface area contributed by atoms with Gasteiger partial charge in [0.2, 0.25) is 10.0 Å². The Morgan fingerprint density at radius 3 is 2.58 bits per heavy atom. The van der Waals surface area contributed by atoms with E-state index in [0.29, 0.717) is 5.69 Å². The molecule has 2 aromatic rings. The van der Waals surface area contributed by atoms with Gasteiger partial charge in [0, 0.05) is 35.9 Å². The fourth-order valence-electron chi connectivity index (χ4n) is 2.16. The van der Waals surface area contributed by atoms with Crippen molar-refractivity contribution in [3.8, 4) is 11.3 Å². The molecule has 8 heteroatoms. The van der Waals surface area contributed by atoms with Crippen LogP contribution in [0.2, 0.25) is 0 Å². The summed E-state index contributed by atoms with van der Waals surface area (Å²) in [5, 5.41) is 4.20. The van der Waals surface area contributed by atoms with Crippen LogP contribution in [0.3, 0.4) is 0 Å². The number of nitrogens with zero attached hydrogens (tertiary/aromatic N) is 1. The lowest BCUT2D eigenvalue weighted by atomic mass is 10.1. The van der Waals surface area contributed by atoms with E-state index in [1.807, 2.05) is 26.0 Å². The first kappa shape index (κ1) is 18.7. The van der Waals surface area contributed by atoms with E-state index in [4.69, 9.17) is 4.74 Å². The highest BCUT2D eigenvalue weighted by molar-refractivity contribution is 7.92. The van der Waals surface area contributed by atoms with E-state index in [1.165, 1.54) is 0 Å². The first-order valence-electron chi connectivity index (χ1n) is 7.76. The molecule has 1 aromatic heterocycles. The minimum Gasteiger partial charge on any atom is -0.382 e. The maximum absolute atomic E-state index is 11.2. The summed E-state index contributed by atoms with van der Waals surface area (Å²) in [5.74, 6) is 0. The van der Waals surface area contributed by atoms with Gasteiger partial charge in [-0.1, -0.05) is 12.1 Å². The Bertz CT molecular complexity index is 755. The number of ether oxygens (including phenoxy) is 1. The van der Waals surface area contributed by atoms with Gasteiger partial charge in [0.1, 0.15) is 0 Å². The molecule has 0 aliphatic rings. The Hall–Kier alpha value is -1.64. The van der Waals surface area contributed by atoms with Crippen LogP contribution in [0.1, 0.15) is 18.2 Å². The number of anilines is 2. The van der Waals surface area contributed by atoms with E-state index < -0.39 is 10.0 Å². The fourth-order valence-corrected chi connectivity index (χ4v) is 3.59. The number of hydrogen-bond acceptors (Lipinski definition) is 6. The number of aromatic nitrogens is 1. The first-order valence-corrected chi connectivity index (χ1v) is 10.5. The molecule has 0 amide bonds. The summed E-state index contributed by atoms with van der Waals surface area (Å²) in [6, 6.07) is 7.22. The molecule has 0 bridgehead atoms. The minimum atomic E-state index is -3.26. The SMILES string of the molecule is CCOCCCNc1nc(-c2ccc(NS(C)(=O)=O)cc2)c(C)s1. The standard InChI is InChI=1S/C16H23N3O3S2/c1-4-22-11-5-10-17-16-18-15(12(2)23-16)13-6-8-14(9-7-13)19-24(3,20)21/h6-9,19H,4-5,10-11H2,1-3H3,(H,17,18). The lowest BCUT2D eigenvalue weighted by Gasteiger charge is -2.05. The van der Waals surface area contributed by atoms with E-state index in [1.54, 1.807) is 23.5 Å². The fraction of sp³-hybridized carbons (Fsp3) is 0.438. The van der Waals surface area contributed by atoms with Crippen LogP contribution in [0.4, 0.5) is 10.8 Å². The van der Waals surface area contributed by atoms with Gasteiger partial charge >= 0.3 is 0 Å². The second kappa shape index (κ2) is 8.46. The van der Waals surface area contributed by atoms with Crippen LogP contribution in [0.5, 0.6) is 0 Å². The van der Waals surface area contributed by atoms with E-state index in [-0.39, 0.29) is 0 Å². The number of nitrogens with one attached hydrogen (secondary N) is 2. The largest absolute Gasteiger partial charge is 0.382 e. The summed E-state index contributed by atoms with van der Waals surface area (Å²) < 4.78 is 30.2. The predicted octanol–water partition coefficient (Wildman–Crippen LogP) is 3.33. The predicted molar refractivity (Wildman–Crippen MR) is 100 cm³/mol. The van der Waals surface area contributed by atoms with Crippen molar-refractivity contribution >= 4 is 32.2 Å². The topological polar surface area (TPSA) is 80.3 Å². The molecule has 24 heavy (non-hydrogen) atoms. The average molecular weight is 370 g/mol. The smallest absolute Gasteiger partial charge is 0.229 e. The summed E-state index contributed by atoms with van der Waals surface area (Å²) in [5.41, 5.74) is 2.42. The summed E-state index contributed by atoms with van der Waals surface area (Å²) in [6.45, 7) is 6.32. The van der Waals surface area contributed by atoms with E-state index in [9.17, 15) is 8.42 Å². The molecule has 0 fully saturated rings. The Labute approximate surface area is 147 Å². The van der Waals surface area contributed by atoms with Crippen molar-refractivity contribution in [3.05, 3.63) is 29.1 Å². The Balaban J connectivity index is 2.01. The van der Waals surface area contributed by atoms with Gasteiger partial charge in [-0.2, -0.15) is 0 Å². The Morgan fingerprint density at radius 2 is 1.96 bits per heavy atom. The molecule has 0 saturated heterocycles. The van der Waals surface area contributed by atoms with Gasteiger partial charge in [-0.05, 0) is 32.4 Å². The number of rotatable bonds is 9. The van der Waals surface area contributed by atoms with Gasteiger partial charge in [-0.25, -0.2) is 13.4 Å². The van der Waals surface area contributed by atoms with Gasteiger partial charge in [0.15, 0.2) is 5.13 Å². The number of thiazole rings is 1. The van der Waals surface area contributed by atoms with Crippen LogP contribution < -0.4 is 10.0 Å². The van der Waals surface area contributed by atoms with Gasteiger partial charge in [0.25, 0.3) is 0 Å². The summed E-state index contributed by atoms with van der Waals surface area (Å²) in [7, 11) is -3.26. The zero-order valence-electron chi connectivity index (χ0n) is 14.1. The third-order valence-electron chi connectivity index (χ3n) is 3.20. The molecule has 0 atom stereocenters. The van der Waals surface area contributed by atoms with Crippen molar-refractivity contribution in [2.45, 2.75) is 20.3 Å². The van der Waals surface area contributed by atoms with Crippen molar-refractivity contribution in [1.29, 1.82) is 0 Å². The van der Waals surface area contributed by atoms with E-state index >= 15 is 0 Å². The van der Waals surface area contributed by atoms with Crippen molar-refractivity contribution < 1.29 is 13.2 Å². The minimum absolute atomic E-state index is 0.545. The Morgan fingerprint density at radius 1 is 1.25 bits per heavy atom. The molecule has 132 valence electrons. The normalized spacial score (nSPS) is 11.5. The van der Waals surface area contributed by atoms with Gasteiger partial charge in [-0.3, -0.25) is 4.72 Å². The van der Waals surface area contributed by atoms with Crippen LogP contribution in [0.15, 0.2) is 24.3 Å². The lowest BCUT2D eigenvalue weighted by Crippen LogP contribution is -2.09. The average Bonchev–Trinajstić information content (AvgIpc) is 2.87. The third kappa shape index (κ3) is 5.77. The number of aryl methyl sites for hydroxylation is 1. The van der Waals surface area contributed by atoms with Crippen molar-refractivity contribution in [2.75, 3.05) is 36.1 Å². The maximum atomic E-state index is 11.2. The lowest BCUT2D eigenvalue weighted by molar-refractivity contribution is 0.147. The molecule has 2 N–H and O–H groups in total. The van der Waals surface area contributed by atoms with Crippen molar-refractivity contribution in [2.24, 2.45) is 0 Å². The van der Waals surface area contributed by atoms with Crippen LogP contribution in [-0.2, 0) is 14.8 Å². The van der Waals surface area contributed by atoms with Crippen LogP contribution in [-0.4, -0.2) is 39.4 Å². The molecule has 1 aromatic carbocycles. The van der Waals surface area contributed by atoms with E-state index in [0.717, 1.165) is 53.7 Å². The van der Waals surface area contributed by atoms with Gasteiger partial charge in [0.05, 0.1) is 11.9 Å². The molecule has 6 nitrogen and oxygen atoms in total. The zero-order valence-corrected chi connectivity index (χ0v) is 15.8. The molecular weight excluding hydrogens is 346 g/mol. The third-order valence-corrected chi connectivity index (χ3v) is 4.74. The van der Waals surface area contributed by atoms with Crippen molar-refractivity contribution in [3.63, 3.8) is 0 Å². The van der Waals surface area contributed by atoms with Gasteiger partial charge in [-0.15, -0.1) is 11.3 Å². The van der Waals surface area contributed by atoms with Gasteiger partial charge < -0.3 is 10.1 Å². The molecule has 0 radical (unpaired) electrons.